The number of esters is 1. The van der Waals surface area contributed by atoms with E-state index in [4.69, 9.17) is 14.2 Å². The van der Waals surface area contributed by atoms with Crippen molar-refractivity contribution in [1.29, 1.82) is 0 Å². The summed E-state index contributed by atoms with van der Waals surface area (Å²) in [6, 6.07) is 9.60. The Morgan fingerprint density at radius 3 is 2.23 bits per heavy atom. The fraction of sp³-hybridized carbons (Fsp3) is 0.385. The van der Waals surface area contributed by atoms with Crippen molar-refractivity contribution in [2.45, 2.75) is 51.3 Å². The zero-order valence-electron chi connectivity index (χ0n) is 20.0. The molecule has 1 atom stereocenters. The second kappa shape index (κ2) is 10.2. The van der Waals surface area contributed by atoms with Crippen LogP contribution in [0.4, 0.5) is 0 Å². The van der Waals surface area contributed by atoms with E-state index in [1.807, 2.05) is 0 Å². The molecule has 1 aliphatic carbocycles. The number of hydrogen-bond donors (Lipinski definition) is 1. The molecule has 3 amide bonds. The molecule has 0 aromatic heterocycles. The average Bonchev–Trinajstić information content (AvgIpc) is 3.46. The molecule has 2 aromatic carbocycles. The summed E-state index contributed by atoms with van der Waals surface area (Å²) in [6.45, 7) is 1.38. The lowest BCUT2D eigenvalue weighted by atomic mass is 10.1. The van der Waals surface area contributed by atoms with Crippen molar-refractivity contribution in [2.75, 3.05) is 14.2 Å². The molecule has 0 radical (unpaired) electrons. The summed E-state index contributed by atoms with van der Waals surface area (Å²) >= 11 is 0. The summed E-state index contributed by atoms with van der Waals surface area (Å²) in [5, 5.41) is 2.91. The van der Waals surface area contributed by atoms with Crippen LogP contribution >= 0.6 is 0 Å². The molecule has 0 bridgehead atoms. The summed E-state index contributed by atoms with van der Waals surface area (Å²) in [6.07, 6.45) is 2.99. The van der Waals surface area contributed by atoms with Crippen molar-refractivity contribution in [3.63, 3.8) is 0 Å². The third-order valence-electron chi connectivity index (χ3n) is 6.35. The minimum atomic E-state index is -0.990. The quantitative estimate of drug-likeness (QED) is 0.456. The smallest absolute Gasteiger partial charge is 0.339 e. The van der Waals surface area contributed by atoms with Crippen LogP contribution in [0.2, 0.25) is 0 Å². The minimum Gasteiger partial charge on any atom is -0.493 e. The standard InChI is InChI=1S/C26H28N2O7/c1-15(23(29)27-18-8-4-5-9-18)35-26(32)16-12-17(22(34-3)21(13-16)33-2)14-28-24(30)19-10-6-7-11-20(19)25(28)31/h6-7,10-13,15,18H,4-5,8-9,14H2,1-3H3,(H,27,29)/t15-/m1/s1. The molecule has 0 unspecified atom stereocenters. The molecule has 1 heterocycles. The first-order valence-electron chi connectivity index (χ1n) is 11.6. The third kappa shape index (κ3) is 4.84. The first kappa shape index (κ1) is 24.3. The predicted molar refractivity (Wildman–Crippen MR) is 125 cm³/mol. The monoisotopic (exact) mass is 480 g/mol. The molecular weight excluding hydrogens is 452 g/mol. The molecule has 0 spiro atoms. The summed E-state index contributed by atoms with van der Waals surface area (Å²) in [4.78, 5) is 52.1. The van der Waals surface area contributed by atoms with Crippen LogP contribution in [0.15, 0.2) is 36.4 Å². The van der Waals surface area contributed by atoms with Gasteiger partial charge in [0.15, 0.2) is 17.6 Å². The zero-order chi connectivity index (χ0) is 25.1. The van der Waals surface area contributed by atoms with E-state index in [1.54, 1.807) is 24.3 Å². The summed E-state index contributed by atoms with van der Waals surface area (Å²) < 4.78 is 16.3. The molecule has 1 N–H and O–H groups in total. The Bertz CT molecular complexity index is 1140. The van der Waals surface area contributed by atoms with Gasteiger partial charge in [-0.15, -0.1) is 0 Å². The molecule has 1 fully saturated rings. The molecule has 2 aromatic rings. The van der Waals surface area contributed by atoms with Crippen LogP contribution < -0.4 is 14.8 Å². The van der Waals surface area contributed by atoms with Crippen LogP contribution in [0, 0.1) is 0 Å². The fourth-order valence-corrected chi connectivity index (χ4v) is 4.50. The largest absolute Gasteiger partial charge is 0.493 e. The van der Waals surface area contributed by atoms with E-state index in [1.165, 1.54) is 33.3 Å². The number of carbonyl (C=O) groups is 4. The van der Waals surface area contributed by atoms with Crippen LogP contribution in [0.5, 0.6) is 11.5 Å². The van der Waals surface area contributed by atoms with Gasteiger partial charge in [-0.2, -0.15) is 0 Å². The van der Waals surface area contributed by atoms with E-state index in [2.05, 4.69) is 5.32 Å². The van der Waals surface area contributed by atoms with Crippen molar-refractivity contribution in [3.8, 4) is 11.5 Å². The number of nitrogens with zero attached hydrogens (tertiary/aromatic N) is 1. The lowest BCUT2D eigenvalue weighted by Gasteiger charge is -2.20. The highest BCUT2D eigenvalue weighted by Crippen LogP contribution is 2.35. The topological polar surface area (TPSA) is 111 Å². The van der Waals surface area contributed by atoms with E-state index < -0.39 is 23.9 Å². The Labute approximate surface area is 203 Å². The highest BCUT2D eigenvalue weighted by atomic mass is 16.5. The molecule has 9 nitrogen and oxygen atoms in total. The number of imide groups is 1. The number of nitrogens with one attached hydrogen (secondary N) is 1. The molecule has 184 valence electrons. The Hall–Kier alpha value is -3.88. The maximum atomic E-state index is 12.9. The highest BCUT2D eigenvalue weighted by Gasteiger charge is 2.36. The van der Waals surface area contributed by atoms with Gasteiger partial charge in [-0.3, -0.25) is 19.3 Å². The SMILES string of the molecule is COc1cc(C(=O)O[C@H](C)C(=O)NC2CCCC2)cc(CN2C(=O)c3ccccc3C2=O)c1OC. The van der Waals surface area contributed by atoms with Gasteiger partial charge in [0.1, 0.15) is 0 Å². The van der Waals surface area contributed by atoms with Crippen molar-refractivity contribution < 1.29 is 33.4 Å². The van der Waals surface area contributed by atoms with Gasteiger partial charge < -0.3 is 19.5 Å². The number of methoxy groups -OCH3 is 2. The molecule has 1 aliphatic heterocycles. The fourth-order valence-electron chi connectivity index (χ4n) is 4.50. The van der Waals surface area contributed by atoms with Crippen LogP contribution in [0.1, 0.15) is 69.2 Å². The number of hydrogen-bond acceptors (Lipinski definition) is 7. The van der Waals surface area contributed by atoms with Crippen molar-refractivity contribution in [2.24, 2.45) is 0 Å². The van der Waals surface area contributed by atoms with Crippen molar-refractivity contribution in [3.05, 3.63) is 58.7 Å². The van der Waals surface area contributed by atoms with Crippen LogP contribution in [0.25, 0.3) is 0 Å². The molecule has 2 aliphatic rings. The molecular formula is C26H28N2O7. The van der Waals surface area contributed by atoms with Crippen LogP contribution in [-0.2, 0) is 16.1 Å². The van der Waals surface area contributed by atoms with Gasteiger partial charge in [0, 0.05) is 11.6 Å². The number of amides is 3. The normalized spacial score (nSPS) is 16.1. The van der Waals surface area contributed by atoms with E-state index in [0.717, 1.165) is 30.6 Å². The maximum Gasteiger partial charge on any atom is 0.339 e. The first-order valence-corrected chi connectivity index (χ1v) is 11.6. The Balaban J connectivity index is 1.55. The summed E-state index contributed by atoms with van der Waals surface area (Å²) in [5.41, 5.74) is 1.13. The van der Waals surface area contributed by atoms with E-state index in [9.17, 15) is 19.2 Å². The Kier molecular flexibility index (Phi) is 7.04. The van der Waals surface area contributed by atoms with Crippen molar-refractivity contribution >= 4 is 23.7 Å². The van der Waals surface area contributed by atoms with Gasteiger partial charge in [-0.1, -0.05) is 25.0 Å². The van der Waals surface area contributed by atoms with Crippen LogP contribution in [0.3, 0.4) is 0 Å². The molecule has 35 heavy (non-hydrogen) atoms. The summed E-state index contributed by atoms with van der Waals surface area (Å²) in [5.74, 6) is -1.43. The van der Waals surface area contributed by atoms with Crippen molar-refractivity contribution in [1.82, 2.24) is 10.2 Å². The third-order valence-corrected chi connectivity index (χ3v) is 6.35. The number of fused-ring (bicyclic) bond motifs is 1. The first-order chi connectivity index (χ1) is 16.8. The Morgan fingerprint density at radius 1 is 1.03 bits per heavy atom. The second-order valence-corrected chi connectivity index (χ2v) is 8.65. The van der Waals surface area contributed by atoms with E-state index in [-0.39, 0.29) is 35.6 Å². The number of benzene rings is 2. The number of carbonyl (C=O) groups excluding carboxylic acids is 4. The lowest BCUT2D eigenvalue weighted by molar-refractivity contribution is -0.129. The number of rotatable bonds is 8. The van der Waals surface area contributed by atoms with E-state index in [0.29, 0.717) is 16.7 Å². The van der Waals surface area contributed by atoms with Gasteiger partial charge in [-0.05, 0) is 44.0 Å². The molecule has 0 saturated heterocycles. The van der Waals surface area contributed by atoms with E-state index >= 15 is 0 Å². The van der Waals surface area contributed by atoms with Gasteiger partial charge in [0.2, 0.25) is 0 Å². The number of ether oxygens (including phenoxy) is 3. The molecule has 9 heteroatoms. The second-order valence-electron chi connectivity index (χ2n) is 8.65. The predicted octanol–water partition coefficient (Wildman–Crippen LogP) is 3.10. The van der Waals surface area contributed by atoms with Gasteiger partial charge in [0.05, 0.1) is 37.5 Å². The summed E-state index contributed by atoms with van der Waals surface area (Å²) in [7, 11) is 2.84. The Morgan fingerprint density at radius 2 is 1.66 bits per heavy atom. The van der Waals surface area contributed by atoms with Gasteiger partial charge in [0.25, 0.3) is 17.7 Å². The lowest BCUT2D eigenvalue weighted by Crippen LogP contribution is -2.40. The zero-order valence-corrected chi connectivity index (χ0v) is 20.0. The van der Waals surface area contributed by atoms with Crippen LogP contribution in [-0.4, -0.2) is 55.0 Å². The van der Waals surface area contributed by atoms with Gasteiger partial charge >= 0.3 is 5.97 Å². The highest BCUT2D eigenvalue weighted by molar-refractivity contribution is 6.21. The van der Waals surface area contributed by atoms with Gasteiger partial charge in [-0.25, -0.2) is 4.79 Å². The maximum absolute atomic E-state index is 12.9. The average molecular weight is 481 g/mol. The minimum absolute atomic E-state index is 0.106. The molecule has 4 rings (SSSR count). The molecule has 1 saturated carbocycles.